The SMILES string of the molecule is CCCc1ccc(S(=O)(=O)N2CCC(CCl)C2)cc1. The molecule has 19 heavy (non-hydrogen) atoms. The second-order valence-corrected chi connectivity index (χ2v) is 7.31. The molecule has 3 nitrogen and oxygen atoms in total. The van der Waals surface area contributed by atoms with Gasteiger partial charge in [-0.25, -0.2) is 8.42 Å². The smallest absolute Gasteiger partial charge is 0.207 e. The van der Waals surface area contributed by atoms with E-state index in [0.717, 1.165) is 19.3 Å². The zero-order chi connectivity index (χ0) is 13.9. The molecule has 0 saturated carbocycles. The van der Waals surface area contributed by atoms with E-state index in [1.807, 2.05) is 12.1 Å². The Bertz CT molecular complexity index is 513. The number of nitrogens with zero attached hydrogens (tertiary/aromatic N) is 1. The van der Waals surface area contributed by atoms with Crippen molar-refractivity contribution >= 4 is 21.6 Å². The summed E-state index contributed by atoms with van der Waals surface area (Å²) < 4.78 is 26.4. The Kier molecular flexibility index (Phi) is 4.87. The summed E-state index contributed by atoms with van der Waals surface area (Å²) in [5.41, 5.74) is 1.18. The number of hydrogen-bond donors (Lipinski definition) is 0. The van der Waals surface area contributed by atoms with E-state index < -0.39 is 10.0 Å². The summed E-state index contributed by atoms with van der Waals surface area (Å²) >= 11 is 5.80. The van der Waals surface area contributed by atoms with Crippen molar-refractivity contribution < 1.29 is 8.42 Å². The molecule has 1 aliphatic rings. The molecule has 0 bridgehead atoms. The molecule has 1 atom stereocenters. The zero-order valence-electron chi connectivity index (χ0n) is 11.2. The Balaban J connectivity index is 2.15. The first-order chi connectivity index (χ1) is 9.07. The van der Waals surface area contributed by atoms with Crippen LogP contribution in [-0.2, 0) is 16.4 Å². The average Bonchev–Trinajstić information content (AvgIpc) is 2.89. The summed E-state index contributed by atoms with van der Waals surface area (Å²) in [4.78, 5) is 0.391. The topological polar surface area (TPSA) is 37.4 Å². The standard InChI is InChI=1S/C14H20ClNO2S/c1-2-3-12-4-6-14(7-5-12)19(17,18)16-9-8-13(10-15)11-16/h4-7,13H,2-3,8-11H2,1H3. The van der Waals surface area contributed by atoms with Crippen molar-refractivity contribution in [2.75, 3.05) is 19.0 Å². The van der Waals surface area contributed by atoms with Gasteiger partial charge in [0, 0.05) is 19.0 Å². The van der Waals surface area contributed by atoms with Crippen LogP contribution in [-0.4, -0.2) is 31.7 Å². The maximum atomic E-state index is 12.4. The first-order valence-electron chi connectivity index (χ1n) is 6.73. The van der Waals surface area contributed by atoms with Gasteiger partial charge in [0.15, 0.2) is 0 Å². The summed E-state index contributed by atoms with van der Waals surface area (Å²) in [5, 5.41) is 0. The predicted molar refractivity (Wildman–Crippen MR) is 78.0 cm³/mol. The molecule has 2 rings (SSSR count). The molecule has 1 unspecified atom stereocenters. The highest BCUT2D eigenvalue weighted by Crippen LogP contribution is 2.25. The molecular formula is C14H20ClNO2S. The van der Waals surface area contributed by atoms with Crippen molar-refractivity contribution in [3.63, 3.8) is 0 Å². The molecule has 106 valence electrons. The molecule has 1 aromatic carbocycles. The van der Waals surface area contributed by atoms with Crippen molar-refractivity contribution in [3.8, 4) is 0 Å². The van der Waals surface area contributed by atoms with Crippen molar-refractivity contribution in [3.05, 3.63) is 29.8 Å². The molecule has 5 heteroatoms. The summed E-state index contributed by atoms with van der Waals surface area (Å²) in [5.74, 6) is 0.817. The lowest BCUT2D eigenvalue weighted by atomic mass is 10.1. The van der Waals surface area contributed by atoms with Crippen molar-refractivity contribution in [1.82, 2.24) is 4.31 Å². The van der Waals surface area contributed by atoms with E-state index in [-0.39, 0.29) is 5.92 Å². The molecule has 0 radical (unpaired) electrons. The molecule has 0 aromatic heterocycles. The first kappa shape index (κ1) is 14.8. The number of aryl methyl sites for hydroxylation is 1. The van der Waals surface area contributed by atoms with Gasteiger partial charge in [-0.15, -0.1) is 11.6 Å². The van der Waals surface area contributed by atoms with Gasteiger partial charge in [-0.2, -0.15) is 4.31 Å². The summed E-state index contributed by atoms with van der Waals surface area (Å²) in [7, 11) is -3.34. The van der Waals surface area contributed by atoms with Crippen LogP contribution in [0.1, 0.15) is 25.3 Å². The molecule has 1 fully saturated rings. The fourth-order valence-electron chi connectivity index (χ4n) is 2.41. The summed E-state index contributed by atoms with van der Waals surface area (Å²) in [6.07, 6.45) is 2.91. The van der Waals surface area contributed by atoms with Crippen LogP contribution in [0.4, 0.5) is 0 Å². The number of hydrogen-bond acceptors (Lipinski definition) is 2. The van der Waals surface area contributed by atoms with Crippen LogP contribution in [0.3, 0.4) is 0 Å². The van der Waals surface area contributed by atoms with Gasteiger partial charge in [0.1, 0.15) is 0 Å². The fourth-order valence-corrected chi connectivity index (χ4v) is 4.19. The lowest BCUT2D eigenvalue weighted by Gasteiger charge is -2.16. The maximum Gasteiger partial charge on any atom is 0.243 e. The number of rotatable bonds is 5. The monoisotopic (exact) mass is 301 g/mol. The minimum atomic E-state index is -3.34. The minimum absolute atomic E-state index is 0.288. The minimum Gasteiger partial charge on any atom is -0.207 e. The third-order valence-corrected chi connectivity index (χ3v) is 5.88. The van der Waals surface area contributed by atoms with E-state index in [4.69, 9.17) is 11.6 Å². The first-order valence-corrected chi connectivity index (χ1v) is 8.70. The van der Waals surface area contributed by atoms with E-state index in [0.29, 0.717) is 23.9 Å². The second-order valence-electron chi connectivity index (χ2n) is 5.07. The van der Waals surface area contributed by atoms with Crippen LogP contribution >= 0.6 is 11.6 Å². The van der Waals surface area contributed by atoms with Crippen LogP contribution in [0.2, 0.25) is 0 Å². The fraction of sp³-hybridized carbons (Fsp3) is 0.571. The molecule has 1 aromatic rings. The molecule has 1 saturated heterocycles. The van der Waals surface area contributed by atoms with E-state index >= 15 is 0 Å². The van der Waals surface area contributed by atoms with Crippen LogP contribution in [0.15, 0.2) is 29.2 Å². The number of halogens is 1. The van der Waals surface area contributed by atoms with E-state index in [9.17, 15) is 8.42 Å². The summed E-state index contributed by atoms with van der Waals surface area (Å²) in [6, 6.07) is 7.25. The molecule has 0 N–H and O–H groups in total. The van der Waals surface area contributed by atoms with Crippen LogP contribution in [0.5, 0.6) is 0 Å². The van der Waals surface area contributed by atoms with E-state index in [1.54, 1.807) is 16.4 Å². The van der Waals surface area contributed by atoms with E-state index in [2.05, 4.69) is 6.92 Å². The normalized spacial score (nSPS) is 20.8. The lowest BCUT2D eigenvalue weighted by molar-refractivity contribution is 0.465. The Morgan fingerprint density at radius 1 is 1.32 bits per heavy atom. The zero-order valence-corrected chi connectivity index (χ0v) is 12.8. The van der Waals surface area contributed by atoms with Gasteiger partial charge < -0.3 is 0 Å². The van der Waals surface area contributed by atoms with Gasteiger partial charge in [0.2, 0.25) is 10.0 Å². The van der Waals surface area contributed by atoms with Gasteiger partial charge in [0.05, 0.1) is 4.90 Å². The number of sulfonamides is 1. The molecule has 1 aliphatic heterocycles. The highest BCUT2D eigenvalue weighted by Gasteiger charge is 2.31. The molecule has 0 aliphatic carbocycles. The molecule has 0 spiro atoms. The van der Waals surface area contributed by atoms with E-state index in [1.165, 1.54) is 5.56 Å². The highest BCUT2D eigenvalue weighted by molar-refractivity contribution is 7.89. The Morgan fingerprint density at radius 2 is 2.00 bits per heavy atom. The largest absolute Gasteiger partial charge is 0.243 e. The maximum absolute atomic E-state index is 12.4. The van der Waals surface area contributed by atoms with Gasteiger partial charge >= 0.3 is 0 Å². The molecule has 1 heterocycles. The quantitative estimate of drug-likeness (QED) is 0.784. The van der Waals surface area contributed by atoms with Crippen molar-refractivity contribution in [1.29, 1.82) is 0 Å². The number of benzene rings is 1. The van der Waals surface area contributed by atoms with Gasteiger partial charge in [0.25, 0.3) is 0 Å². The summed E-state index contributed by atoms with van der Waals surface area (Å²) in [6.45, 7) is 3.24. The van der Waals surface area contributed by atoms with Crippen LogP contribution in [0.25, 0.3) is 0 Å². The van der Waals surface area contributed by atoms with Gasteiger partial charge in [-0.05, 0) is 36.5 Å². The molecule has 0 amide bonds. The molecular weight excluding hydrogens is 282 g/mol. The third-order valence-electron chi connectivity index (χ3n) is 3.57. The van der Waals surface area contributed by atoms with Crippen molar-refractivity contribution in [2.45, 2.75) is 31.1 Å². The Labute approximate surface area is 120 Å². The average molecular weight is 302 g/mol. The number of alkyl halides is 1. The third kappa shape index (κ3) is 3.30. The predicted octanol–water partition coefficient (Wildman–Crippen LogP) is 2.89. The Hall–Kier alpha value is -0.580. The highest BCUT2D eigenvalue weighted by atomic mass is 35.5. The second kappa shape index (κ2) is 6.25. The Morgan fingerprint density at radius 3 is 2.53 bits per heavy atom. The van der Waals surface area contributed by atoms with Gasteiger partial charge in [-0.3, -0.25) is 0 Å². The lowest BCUT2D eigenvalue weighted by Crippen LogP contribution is -2.29. The van der Waals surface area contributed by atoms with Gasteiger partial charge in [-0.1, -0.05) is 25.5 Å². The van der Waals surface area contributed by atoms with Crippen LogP contribution < -0.4 is 0 Å². The van der Waals surface area contributed by atoms with Crippen LogP contribution in [0, 0.1) is 5.92 Å². The van der Waals surface area contributed by atoms with Crippen molar-refractivity contribution in [2.24, 2.45) is 5.92 Å².